The molecule has 0 radical (unpaired) electrons. The summed E-state index contributed by atoms with van der Waals surface area (Å²) in [5, 5.41) is 40.6. The van der Waals surface area contributed by atoms with Gasteiger partial charge in [-0.3, -0.25) is 14.4 Å². The molecule has 1 aliphatic rings. The summed E-state index contributed by atoms with van der Waals surface area (Å²) >= 11 is 0. The molecule has 2 aromatic carbocycles. The number of fused-ring (bicyclic) bond motifs is 2. The van der Waals surface area contributed by atoms with E-state index in [1.54, 1.807) is 0 Å². The minimum absolute atomic E-state index is 0.0700. The van der Waals surface area contributed by atoms with Gasteiger partial charge in [-0.25, -0.2) is 0 Å². The molecule has 3 rings (SSSR count). The van der Waals surface area contributed by atoms with E-state index >= 15 is 0 Å². The third kappa shape index (κ3) is 2.31. The van der Waals surface area contributed by atoms with Gasteiger partial charge in [-0.1, -0.05) is 18.2 Å². The number of carboxylic acids is 1. The molecule has 0 heterocycles. The summed E-state index contributed by atoms with van der Waals surface area (Å²) in [5.74, 6) is -4.41. The molecule has 0 saturated heterocycles. The zero-order valence-corrected chi connectivity index (χ0v) is 13.6. The van der Waals surface area contributed by atoms with Crippen LogP contribution in [0.15, 0.2) is 24.3 Å². The Labute approximate surface area is 147 Å². The number of carbonyl (C=O) groups is 3. The van der Waals surface area contributed by atoms with Crippen LogP contribution in [0.5, 0.6) is 11.5 Å². The molecule has 1 atom stereocenters. The molecule has 8 nitrogen and oxygen atoms in total. The first-order valence-electron chi connectivity index (χ1n) is 7.57. The van der Waals surface area contributed by atoms with Crippen LogP contribution in [0.2, 0.25) is 0 Å². The van der Waals surface area contributed by atoms with Crippen LogP contribution in [0.3, 0.4) is 0 Å². The molecule has 0 aromatic heterocycles. The Kier molecular flexibility index (Phi) is 3.73. The van der Waals surface area contributed by atoms with E-state index in [0.717, 1.165) is 0 Å². The fourth-order valence-corrected chi connectivity index (χ4v) is 3.37. The maximum atomic E-state index is 12.8. The minimum Gasteiger partial charge on any atom is -0.507 e. The molecule has 0 fully saturated rings. The maximum absolute atomic E-state index is 12.8. The highest BCUT2D eigenvalue weighted by molar-refractivity contribution is 6.18. The summed E-state index contributed by atoms with van der Waals surface area (Å²) in [6.07, 6.45) is -0.643. The quantitative estimate of drug-likeness (QED) is 0.538. The van der Waals surface area contributed by atoms with Gasteiger partial charge in [0.2, 0.25) is 5.78 Å². The highest BCUT2D eigenvalue weighted by Crippen LogP contribution is 2.46. The van der Waals surface area contributed by atoms with Crippen LogP contribution >= 0.6 is 0 Å². The van der Waals surface area contributed by atoms with Crippen molar-refractivity contribution >= 4 is 17.7 Å². The average molecular weight is 357 g/mol. The molecule has 1 amide bonds. The number of aliphatic carboxylic acids is 1. The second-order valence-electron chi connectivity index (χ2n) is 6.22. The van der Waals surface area contributed by atoms with Crippen LogP contribution in [-0.4, -0.2) is 38.1 Å². The summed E-state index contributed by atoms with van der Waals surface area (Å²) in [6.45, 7) is 1.34. The lowest BCUT2D eigenvalue weighted by Gasteiger charge is -2.34. The van der Waals surface area contributed by atoms with Crippen molar-refractivity contribution in [1.82, 2.24) is 0 Å². The van der Waals surface area contributed by atoms with Gasteiger partial charge in [0, 0.05) is 11.1 Å². The Morgan fingerprint density at radius 3 is 2.38 bits per heavy atom. The summed E-state index contributed by atoms with van der Waals surface area (Å²) in [5.41, 5.74) is 2.22. The number of rotatable bonds is 3. The summed E-state index contributed by atoms with van der Waals surface area (Å²) < 4.78 is 0. The smallest absolute Gasteiger partial charge is 0.307 e. The Hall–Kier alpha value is -3.39. The first kappa shape index (κ1) is 17.4. The zero-order valence-electron chi connectivity index (χ0n) is 13.6. The van der Waals surface area contributed by atoms with E-state index in [9.17, 15) is 29.7 Å². The predicted octanol–water partition coefficient (Wildman–Crippen LogP) is 0.624. The second kappa shape index (κ2) is 5.57. The third-order valence-electron chi connectivity index (χ3n) is 4.52. The summed E-state index contributed by atoms with van der Waals surface area (Å²) in [7, 11) is 0. The van der Waals surface area contributed by atoms with Crippen LogP contribution in [0.4, 0.5) is 0 Å². The van der Waals surface area contributed by atoms with Gasteiger partial charge < -0.3 is 26.2 Å². The maximum Gasteiger partial charge on any atom is 0.307 e. The molecule has 26 heavy (non-hydrogen) atoms. The topological polar surface area (TPSA) is 158 Å². The number of primary amides is 1. The standard InChI is InChI=1S/C18H15NO7/c1-18(26)8-3-2-4-10(20)13(8)16(24)14-9(18)5-7(6-11(21)22)12(15(14)23)17(19)25/h2-5,20,23,26H,6H2,1H3,(H2,19,25)(H,21,22). The van der Waals surface area contributed by atoms with E-state index in [2.05, 4.69) is 0 Å². The van der Waals surface area contributed by atoms with Gasteiger partial charge in [0.25, 0.3) is 5.91 Å². The normalized spacial score (nSPS) is 18.2. The molecule has 134 valence electrons. The van der Waals surface area contributed by atoms with E-state index in [-0.39, 0.29) is 22.3 Å². The van der Waals surface area contributed by atoms with E-state index < -0.39 is 52.3 Å². The Morgan fingerprint density at radius 1 is 1.15 bits per heavy atom. The van der Waals surface area contributed by atoms with Gasteiger partial charge in [-0.2, -0.15) is 0 Å². The Morgan fingerprint density at radius 2 is 1.81 bits per heavy atom. The number of amides is 1. The number of carboxylic acid groups (broad SMARTS) is 1. The van der Waals surface area contributed by atoms with Crippen LogP contribution in [0.1, 0.15) is 49.9 Å². The number of aliphatic hydroxyl groups is 1. The van der Waals surface area contributed by atoms with Gasteiger partial charge >= 0.3 is 5.97 Å². The van der Waals surface area contributed by atoms with Crippen molar-refractivity contribution in [2.45, 2.75) is 18.9 Å². The van der Waals surface area contributed by atoms with Crippen molar-refractivity contribution in [3.8, 4) is 11.5 Å². The van der Waals surface area contributed by atoms with Gasteiger partial charge in [0.1, 0.15) is 17.1 Å². The highest BCUT2D eigenvalue weighted by Gasteiger charge is 2.43. The lowest BCUT2D eigenvalue weighted by molar-refractivity contribution is -0.136. The first-order valence-corrected chi connectivity index (χ1v) is 7.57. The van der Waals surface area contributed by atoms with Crippen molar-refractivity contribution in [2.75, 3.05) is 0 Å². The third-order valence-corrected chi connectivity index (χ3v) is 4.52. The van der Waals surface area contributed by atoms with Crippen LogP contribution in [0.25, 0.3) is 0 Å². The number of hydrogen-bond donors (Lipinski definition) is 5. The van der Waals surface area contributed by atoms with Crippen molar-refractivity contribution in [3.05, 3.63) is 57.6 Å². The van der Waals surface area contributed by atoms with E-state index in [0.29, 0.717) is 0 Å². The highest BCUT2D eigenvalue weighted by atomic mass is 16.4. The number of ketones is 1. The lowest BCUT2D eigenvalue weighted by atomic mass is 9.73. The Bertz CT molecular complexity index is 992. The molecule has 0 aliphatic heterocycles. The Balaban J connectivity index is 2.42. The number of nitrogens with two attached hydrogens (primary N) is 1. The van der Waals surface area contributed by atoms with E-state index in [1.807, 2.05) is 0 Å². The van der Waals surface area contributed by atoms with Crippen molar-refractivity contribution in [3.63, 3.8) is 0 Å². The van der Waals surface area contributed by atoms with Crippen molar-refractivity contribution < 1.29 is 34.8 Å². The second-order valence-corrected chi connectivity index (χ2v) is 6.22. The van der Waals surface area contributed by atoms with Crippen LogP contribution in [-0.2, 0) is 16.8 Å². The van der Waals surface area contributed by atoms with Gasteiger partial charge in [-0.15, -0.1) is 0 Å². The fourth-order valence-electron chi connectivity index (χ4n) is 3.37. The number of carbonyl (C=O) groups excluding carboxylic acids is 2. The van der Waals surface area contributed by atoms with E-state index in [1.165, 1.54) is 31.2 Å². The summed E-state index contributed by atoms with van der Waals surface area (Å²) in [4.78, 5) is 35.7. The molecular weight excluding hydrogens is 342 g/mol. The molecular formula is C18H15NO7. The summed E-state index contributed by atoms with van der Waals surface area (Å²) in [6, 6.07) is 5.30. The molecule has 1 unspecified atom stereocenters. The number of benzene rings is 2. The van der Waals surface area contributed by atoms with Crippen LogP contribution < -0.4 is 5.73 Å². The van der Waals surface area contributed by atoms with Gasteiger partial charge in [0.05, 0.1) is 23.1 Å². The van der Waals surface area contributed by atoms with Crippen molar-refractivity contribution in [1.29, 1.82) is 0 Å². The molecule has 0 bridgehead atoms. The number of phenols is 2. The van der Waals surface area contributed by atoms with Crippen molar-refractivity contribution in [2.24, 2.45) is 5.73 Å². The number of aromatic hydroxyl groups is 2. The molecule has 8 heteroatoms. The minimum atomic E-state index is -1.82. The van der Waals surface area contributed by atoms with Crippen LogP contribution in [0, 0.1) is 0 Å². The number of phenolic OH excluding ortho intramolecular Hbond substituents is 1. The van der Waals surface area contributed by atoms with E-state index in [4.69, 9.17) is 10.8 Å². The SMILES string of the molecule is CC1(O)c2cccc(O)c2C(=O)c2c1cc(CC(=O)O)c(C(N)=O)c2O. The molecule has 2 aromatic rings. The zero-order chi connectivity index (χ0) is 19.4. The number of hydrogen-bond acceptors (Lipinski definition) is 6. The average Bonchev–Trinajstić information content (AvgIpc) is 2.51. The molecule has 0 spiro atoms. The first-order chi connectivity index (χ1) is 12.1. The predicted molar refractivity (Wildman–Crippen MR) is 88.2 cm³/mol. The van der Waals surface area contributed by atoms with Gasteiger partial charge in [-0.05, 0) is 18.6 Å². The monoisotopic (exact) mass is 357 g/mol. The largest absolute Gasteiger partial charge is 0.507 e. The molecule has 6 N–H and O–H groups in total. The molecule has 1 aliphatic carbocycles. The molecule has 0 saturated carbocycles. The fraction of sp³-hybridized carbons (Fsp3) is 0.167. The lowest BCUT2D eigenvalue weighted by Crippen LogP contribution is -2.34. The van der Waals surface area contributed by atoms with Gasteiger partial charge in [0.15, 0.2) is 0 Å².